The number of carbonyl (C=O) groups excluding carboxylic acids is 1. The van der Waals surface area contributed by atoms with Crippen LogP contribution < -0.4 is 0 Å². The van der Waals surface area contributed by atoms with E-state index in [9.17, 15) is 4.79 Å². The van der Waals surface area contributed by atoms with E-state index in [0.717, 1.165) is 49.6 Å². The number of nitrogens with zero attached hydrogens (tertiary/aromatic N) is 3. The van der Waals surface area contributed by atoms with Gasteiger partial charge in [0.25, 0.3) is 0 Å². The minimum Gasteiger partial charge on any atom is -0.361 e. The van der Waals surface area contributed by atoms with E-state index < -0.39 is 0 Å². The van der Waals surface area contributed by atoms with Crippen molar-refractivity contribution in [1.82, 2.24) is 20.0 Å². The average molecular weight is 366 g/mol. The van der Waals surface area contributed by atoms with E-state index in [0.29, 0.717) is 6.42 Å². The van der Waals surface area contributed by atoms with E-state index in [1.165, 1.54) is 10.9 Å². The third-order valence-corrected chi connectivity index (χ3v) is 5.45. The highest BCUT2D eigenvalue weighted by atomic mass is 16.5. The van der Waals surface area contributed by atoms with Crippen LogP contribution in [0.5, 0.6) is 0 Å². The summed E-state index contributed by atoms with van der Waals surface area (Å²) >= 11 is 0. The summed E-state index contributed by atoms with van der Waals surface area (Å²) in [5.74, 6) is 2.26. The lowest BCUT2D eigenvalue weighted by Gasteiger charge is -2.30. The minimum absolute atomic E-state index is 0.229. The first-order chi connectivity index (χ1) is 13.1. The van der Waals surface area contributed by atoms with Gasteiger partial charge in [-0.15, -0.1) is 0 Å². The van der Waals surface area contributed by atoms with Gasteiger partial charge in [0, 0.05) is 48.4 Å². The zero-order valence-corrected chi connectivity index (χ0v) is 15.9. The van der Waals surface area contributed by atoms with Crippen LogP contribution in [-0.4, -0.2) is 39.0 Å². The molecule has 1 aromatic carbocycles. The summed E-state index contributed by atoms with van der Waals surface area (Å²) in [5.41, 5.74) is 2.34. The van der Waals surface area contributed by atoms with Crippen molar-refractivity contribution >= 4 is 16.8 Å². The fourth-order valence-electron chi connectivity index (χ4n) is 3.76. The first-order valence-electron chi connectivity index (χ1n) is 9.78. The second-order valence-electron chi connectivity index (χ2n) is 7.66. The Morgan fingerprint density at radius 2 is 2.07 bits per heavy atom. The van der Waals surface area contributed by atoms with Crippen molar-refractivity contribution in [2.75, 3.05) is 13.1 Å². The first kappa shape index (κ1) is 17.8. The number of aromatic amines is 1. The monoisotopic (exact) mass is 366 g/mol. The number of piperidine rings is 1. The lowest BCUT2D eigenvalue weighted by Crippen LogP contribution is -2.38. The van der Waals surface area contributed by atoms with E-state index >= 15 is 0 Å². The number of carbonyl (C=O) groups is 1. The maximum Gasteiger partial charge on any atom is 0.229 e. The van der Waals surface area contributed by atoms with Crippen LogP contribution in [0.2, 0.25) is 0 Å². The van der Waals surface area contributed by atoms with Gasteiger partial charge in [0.2, 0.25) is 11.8 Å². The molecule has 0 spiro atoms. The van der Waals surface area contributed by atoms with Crippen LogP contribution in [-0.2, 0) is 11.2 Å². The lowest BCUT2D eigenvalue weighted by atomic mass is 9.96. The van der Waals surface area contributed by atoms with Crippen molar-refractivity contribution in [1.29, 1.82) is 0 Å². The quantitative estimate of drug-likeness (QED) is 0.740. The molecular weight excluding hydrogens is 340 g/mol. The molecule has 0 radical (unpaired) electrons. The van der Waals surface area contributed by atoms with Gasteiger partial charge < -0.3 is 14.4 Å². The molecule has 1 amide bonds. The van der Waals surface area contributed by atoms with Gasteiger partial charge in [-0.25, -0.2) is 0 Å². The third kappa shape index (κ3) is 3.75. The smallest absolute Gasteiger partial charge is 0.229 e. The van der Waals surface area contributed by atoms with Crippen LogP contribution in [0, 0.1) is 0 Å². The van der Waals surface area contributed by atoms with Gasteiger partial charge >= 0.3 is 0 Å². The number of hydrogen-bond acceptors (Lipinski definition) is 4. The summed E-state index contributed by atoms with van der Waals surface area (Å²) in [5, 5.41) is 5.27. The van der Waals surface area contributed by atoms with Crippen LogP contribution in [0.1, 0.15) is 62.2 Å². The second-order valence-corrected chi connectivity index (χ2v) is 7.66. The number of amides is 1. The molecule has 6 heteroatoms. The lowest BCUT2D eigenvalue weighted by molar-refractivity contribution is -0.132. The van der Waals surface area contributed by atoms with Gasteiger partial charge in [-0.1, -0.05) is 37.2 Å². The van der Waals surface area contributed by atoms with Crippen LogP contribution >= 0.6 is 0 Å². The Bertz CT molecular complexity index is 919. The number of fused-ring (bicyclic) bond motifs is 1. The van der Waals surface area contributed by atoms with E-state index in [1.54, 1.807) is 0 Å². The largest absolute Gasteiger partial charge is 0.361 e. The highest BCUT2D eigenvalue weighted by Gasteiger charge is 2.27. The van der Waals surface area contributed by atoms with E-state index in [1.807, 2.05) is 23.2 Å². The number of para-hydroxylation sites is 1. The number of aromatic nitrogens is 3. The molecule has 0 bridgehead atoms. The van der Waals surface area contributed by atoms with Crippen LogP contribution in [0.3, 0.4) is 0 Å². The van der Waals surface area contributed by atoms with Crippen LogP contribution in [0.25, 0.3) is 10.9 Å². The van der Waals surface area contributed by atoms with Gasteiger partial charge in [0.1, 0.15) is 0 Å². The SMILES string of the molecule is CC(C)c1noc(C2CCN(C(=O)CCc3c[nH]c4ccccc34)CC2)n1. The molecule has 0 atom stereocenters. The number of rotatable bonds is 5. The molecule has 1 saturated heterocycles. The summed E-state index contributed by atoms with van der Waals surface area (Å²) in [6.07, 6.45) is 5.11. The van der Waals surface area contributed by atoms with Crippen molar-refractivity contribution in [3.8, 4) is 0 Å². The average Bonchev–Trinajstić information content (AvgIpc) is 3.34. The predicted octanol–water partition coefficient (Wildman–Crippen LogP) is 4.01. The van der Waals surface area contributed by atoms with E-state index in [2.05, 4.69) is 41.1 Å². The number of likely N-dealkylation sites (tertiary alicyclic amines) is 1. The van der Waals surface area contributed by atoms with Gasteiger partial charge in [-0.2, -0.15) is 4.98 Å². The molecule has 0 aliphatic carbocycles. The van der Waals surface area contributed by atoms with Gasteiger partial charge in [0.05, 0.1) is 0 Å². The molecule has 1 fully saturated rings. The molecule has 0 unspecified atom stereocenters. The fraction of sp³-hybridized carbons (Fsp3) is 0.476. The molecule has 142 valence electrons. The van der Waals surface area contributed by atoms with Crippen molar-refractivity contribution in [3.63, 3.8) is 0 Å². The van der Waals surface area contributed by atoms with Crippen LogP contribution in [0.4, 0.5) is 0 Å². The van der Waals surface area contributed by atoms with Crippen molar-refractivity contribution in [2.24, 2.45) is 0 Å². The summed E-state index contributed by atoms with van der Waals surface area (Å²) < 4.78 is 5.43. The van der Waals surface area contributed by atoms with Gasteiger partial charge in [-0.3, -0.25) is 4.79 Å². The highest BCUT2D eigenvalue weighted by molar-refractivity contribution is 5.84. The zero-order valence-electron chi connectivity index (χ0n) is 15.9. The van der Waals surface area contributed by atoms with E-state index in [4.69, 9.17) is 4.52 Å². The number of aryl methyl sites for hydroxylation is 1. The van der Waals surface area contributed by atoms with Crippen molar-refractivity contribution in [3.05, 3.63) is 47.7 Å². The van der Waals surface area contributed by atoms with Crippen molar-refractivity contribution < 1.29 is 9.32 Å². The normalized spacial score (nSPS) is 15.7. The number of H-pyrrole nitrogens is 1. The molecule has 27 heavy (non-hydrogen) atoms. The third-order valence-electron chi connectivity index (χ3n) is 5.45. The van der Waals surface area contributed by atoms with Gasteiger partial charge in [-0.05, 0) is 30.9 Å². The molecule has 4 rings (SSSR count). The molecule has 3 heterocycles. The molecule has 2 aromatic heterocycles. The zero-order chi connectivity index (χ0) is 18.8. The highest BCUT2D eigenvalue weighted by Crippen LogP contribution is 2.28. The maximum atomic E-state index is 12.6. The van der Waals surface area contributed by atoms with Gasteiger partial charge in [0.15, 0.2) is 5.82 Å². The summed E-state index contributed by atoms with van der Waals surface area (Å²) in [6.45, 7) is 5.64. The Kier molecular flexibility index (Phi) is 4.97. The Morgan fingerprint density at radius 3 is 2.81 bits per heavy atom. The minimum atomic E-state index is 0.229. The number of hydrogen-bond donors (Lipinski definition) is 1. The molecule has 1 N–H and O–H groups in total. The summed E-state index contributed by atoms with van der Waals surface area (Å²) in [4.78, 5) is 22.4. The maximum absolute atomic E-state index is 12.6. The van der Waals surface area contributed by atoms with Crippen LogP contribution in [0.15, 0.2) is 35.0 Å². The standard InChI is InChI=1S/C21H26N4O2/c1-14(2)20-23-21(27-24-20)15-9-11-25(12-10-15)19(26)8-7-16-13-22-18-6-4-3-5-17(16)18/h3-6,13-15,22H,7-12H2,1-2H3. The summed E-state index contributed by atoms with van der Waals surface area (Å²) in [6, 6.07) is 8.22. The Morgan fingerprint density at radius 1 is 1.30 bits per heavy atom. The number of benzene rings is 1. The molecule has 3 aromatic rings. The number of nitrogens with one attached hydrogen (secondary N) is 1. The second kappa shape index (κ2) is 7.55. The molecular formula is C21H26N4O2. The van der Waals surface area contributed by atoms with Crippen molar-refractivity contribution in [2.45, 2.75) is 51.4 Å². The predicted molar refractivity (Wildman–Crippen MR) is 104 cm³/mol. The molecule has 1 aliphatic rings. The molecule has 1 aliphatic heterocycles. The summed E-state index contributed by atoms with van der Waals surface area (Å²) in [7, 11) is 0. The Balaban J connectivity index is 1.30. The Hall–Kier alpha value is -2.63. The topological polar surface area (TPSA) is 75.0 Å². The fourth-order valence-corrected chi connectivity index (χ4v) is 3.76. The molecule has 0 saturated carbocycles. The van der Waals surface area contributed by atoms with E-state index in [-0.39, 0.29) is 17.7 Å². The Labute approximate surface area is 158 Å². The molecule has 6 nitrogen and oxygen atoms in total. The first-order valence-corrected chi connectivity index (χ1v) is 9.78.